The molecule has 5 nitrogen and oxygen atoms in total. The molecule has 0 saturated carbocycles. The van der Waals surface area contributed by atoms with E-state index in [4.69, 9.17) is 23.2 Å². The van der Waals surface area contributed by atoms with Crippen molar-refractivity contribution in [3.8, 4) is 0 Å². The van der Waals surface area contributed by atoms with Gasteiger partial charge < -0.3 is 5.32 Å². The van der Waals surface area contributed by atoms with Crippen LogP contribution in [0, 0.1) is 13.8 Å². The molecule has 0 atom stereocenters. The third kappa shape index (κ3) is 5.21. The molecule has 2 heterocycles. The number of hydrogen-bond acceptors (Lipinski definition) is 3. The zero-order valence-corrected chi connectivity index (χ0v) is 17.1. The van der Waals surface area contributed by atoms with Crippen LogP contribution < -0.4 is 5.32 Å². The van der Waals surface area contributed by atoms with Crippen molar-refractivity contribution >= 4 is 35.2 Å². The molecule has 0 aliphatic carbocycles. The molecule has 2 aromatic heterocycles. The lowest BCUT2D eigenvalue weighted by Crippen LogP contribution is -2.20. The van der Waals surface area contributed by atoms with Crippen molar-refractivity contribution < 1.29 is 4.79 Å². The molecule has 0 unspecified atom stereocenters. The maximum Gasteiger partial charge on any atom is 0.244 e. The first-order chi connectivity index (χ1) is 13.4. The van der Waals surface area contributed by atoms with E-state index in [1.165, 1.54) is 11.6 Å². The molecule has 0 fully saturated rings. The number of rotatable bonds is 6. The number of nitrogens with one attached hydrogen (secondary N) is 1. The molecule has 144 valence electrons. The molecular formula is C21H20Cl2N4O. The van der Waals surface area contributed by atoms with Crippen molar-refractivity contribution in [2.24, 2.45) is 0 Å². The summed E-state index contributed by atoms with van der Waals surface area (Å²) in [5, 5.41) is 8.21. The van der Waals surface area contributed by atoms with Crippen molar-refractivity contribution in [2.75, 3.05) is 0 Å². The molecule has 0 aliphatic heterocycles. The van der Waals surface area contributed by atoms with Crippen LogP contribution in [0.25, 0.3) is 6.08 Å². The van der Waals surface area contributed by atoms with Crippen molar-refractivity contribution in [3.05, 3.63) is 86.9 Å². The van der Waals surface area contributed by atoms with Gasteiger partial charge in [0.2, 0.25) is 5.91 Å². The fraction of sp³-hybridized carbons (Fsp3) is 0.190. The topological polar surface area (TPSA) is 59.8 Å². The Labute approximate surface area is 174 Å². The third-order valence-corrected chi connectivity index (χ3v) is 4.84. The van der Waals surface area contributed by atoms with Gasteiger partial charge in [0.05, 0.1) is 12.2 Å². The summed E-state index contributed by atoms with van der Waals surface area (Å²) in [7, 11) is 0. The van der Waals surface area contributed by atoms with Crippen molar-refractivity contribution in [2.45, 2.75) is 26.9 Å². The highest BCUT2D eigenvalue weighted by Gasteiger charge is 2.12. The lowest BCUT2D eigenvalue weighted by Gasteiger charge is -2.04. The van der Waals surface area contributed by atoms with E-state index >= 15 is 0 Å². The average molecular weight is 415 g/mol. The van der Waals surface area contributed by atoms with Gasteiger partial charge in [0.15, 0.2) is 0 Å². The molecule has 1 aromatic carbocycles. The second-order valence-electron chi connectivity index (χ2n) is 6.47. The van der Waals surface area contributed by atoms with Crippen molar-refractivity contribution in [1.29, 1.82) is 0 Å². The van der Waals surface area contributed by atoms with Crippen LogP contribution >= 0.6 is 23.2 Å². The molecule has 0 bridgehead atoms. The second kappa shape index (κ2) is 9.04. The lowest BCUT2D eigenvalue weighted by molar-refractivity contribution is -0.116. The summed E-state index contributed by atoms with van der Waals surface area (Å²) in [4.78, 5) is 16.1. The van der Waals surface area contributed by atoms with Gasteiger partial charge in [-0.25, -0.2) is 9.67 Å². The van der Waals surface area contributed by atoms with Crippen molar-refractivity contribution in [3.63, 3.8) is 0 Å². The van der Waals surface area contributed by atoms with E-state index in [0.717, 1.165) is 22.4 Å². The number of pyridine rings is 1. The Bertz CT molecular complexity index is 992. The van der Waals surface area contributed by atoms with Gasteiger partial charge >= 0.3 is 0 Å². The molecular weight excluding hydrogens is 395 g/mol. The largest absolute Gasteiger partial charge is 0.348 e. The lowest BCUT2D eigenvalue weighted by atomic mass is 10.1. The van der Waals surface area contributed by atoms with Gasteiger partial charge in [0, 0.05) is 24.4 Å². The number of hydrogen-bond donors (Lipinski definition) is 1. The summed E-state index contributed by atoms with van der Waals surface area (Å²) in [6, 6.07) is 11.7. The zero-order valence-electron chi connectivity index (χ0n) is 15.6. The van der Waals surface area contributed by atoms with E-state index in [2.05, 4.69) is 39.7 Å². The Morgan fingerprint density at radius 2 is 1.82 bits per heavy atom. The second-order valence-corrected chi connectivity index (χ2v) is 7.22. The van der Waals surface area contributed by atoms with E-state index in [0.29, 0.717) is 23.4 Å². The molecule has 1 N–H and O–H groups in total. The normalized spacial score (nSPS) is 11.1. The number of nitrogens with zero attached hydrogens (tertiary/aromatic N) is 3. The highest BCUT2D eigenvalue weighted by molar-refractivity contribution is 6.31. The molecule has 0 radical (unpaired) electrons. The van der Waals surface area contributed by atoms with E-state index in [9.17, 15) is 4.79 Å². The number of benzene rings is 1. The quantitative estimate of drug-likeness (QED) is 0.474. The summed E-state index contributed by atoms with van der Waals surface area (Å²) in [5.74, 6) is -0.225. The first-order valence-corrected chi connectivity index (χ1v) is 9.53. The summed E-state index contributed by atoms with van der Waals surface area (Å²) in [5.41, 5.74) is 4.68. The summed E-state index contributed by atoms with van der Waals surface area (Å²) < 4.78 is 1.73. The third-order valence-electron chi connectivity index (χ3n) is 4.22. The molecule has 7 heteroatoms. The molecule has 0 saturated heterocycles. The molecule has 3 rings (SSSR count). The number of aryl methyl sites for hydroxylation is 2. The van der Waals surface area contributed by atoms with Gasteiger partial charge in [0.1, 0.15) is 10.3 Å². The van der Waals surface area contributed by atoms with E-state index in [1.807, 2.05) is 19.9 Å². The average Bonchev–Trinajstić information content (AvgIpc) is 2.94. The standard InChI is InChI=1S/C21H20Cl2N4O/c1-14-3-5-16(6-4-14)13-27-21(23)18(15(2)26-27)8-10-20(28)25-12-17-7-9-19(22)24-11-17/h3-11H,12-13H2,1-2H3,(H,25,28). The summed E-state index contributed by atoms with van der Waals surface area (Å²) in [6.07, 6.45) is 4.77. The van der Waals surface area contributed by atoms with E-state index < -0.39 is 0 Å². The summed E-state index contributed by atoms with van der Waals surface area (Å²) in [6.45, 7) is 4.86. The molecule has 1 amide bonds. The number of carbonyl (C=O) groups is 1. The first-order valence-electron chi connectivity index (χ1n) is 8.77. The molecule has 0 spiro atoms. The van der Waals surface area contributed by atoms with Crippen LogP contribution in [0.3, 0.4) is 0 Å². The van der Waals surface area contributed by atoms with Crippen LogP contribution in [-0.4, -0.2) is 20.7 Å². The van der Waals surface area contributed by atoms with Gasteiger partial charge in [-0.3, -0.25) is 4.79 Å². The zero-order chi connectivity index (χ0) is 20.1. The molecule has 3 aromatic rings. The van der Waals surface area contributed by atoms with Gasteiger partial charge in [-0.15, -0.1) is 0 Å². The van der Waals surface area contributed by atoms with Crippen LogP contribution in [-0.2, 0) is 17.9 Å². The van der Waals surface area contributed by atoms with Gasteiger partial charge in [-0.2, -0.15) is 5.10 Å². The maximum atomic E-state index is 12.1. The SMILES string of the molecule is Cc1ccc(Cn2nc(C)c(C=CC(=O)NCc3ccc(Cl)nc3)c2Cl)cc1. The smallest absolute Gasteiger partial charge is 0.244 e. The highest BCUT2D eigenvalue weighted by Crippen LogP contribution is 2.22. The van der Waals surface area contributed by atoms with Gasteiger partial charge in [-0.1, -0.05) is 59.1 Å². The van der Waals surface area contributed by atoms with Gasteiger partial charge in [-0.05, 0) is 37.1 Å². The Hall–Kier alpha value is -2.63. The fourth-order valence-corrected chi connectivity index (χ4v) is 3.05. The number of amides is 1. The summed E-state index contributed by atoms with van der Waals surface area (Å²) >= 11 is 12.2. The minimum atomic E-state index is -0.225. The predicted molar refractivity (Wildman–Crippen MR) is 112 cm³/mol. The maximum absolute atomic E-state index is 12.1. The Morgan fingerprint density at radius 1 is 1.11 bits per heavy atom. The number of aromatic nitrogens is 3. The molecule has 28 heavy (non-hydrogen) atoms. The monoisotopic (exact) mass is 414 g/mol. The Morgan fingerprint density at radius 3 is 2.50 bits per heavy atom. The van der Waals surface area contributed by atoms with Crippen LogP contribution in [0.15, 0.2) is 48.7 Å². The van der Waals surface area contributed by atoms with Crippen LogP contribution in [0.2, 0.25) is 10.3 Å². The van der Waals surface area contributed by atoms with Crippen LogP contribution in [0.5, 0.6) is 0 Å². The molecule has 0 aliphatic rings. The Kier molecular flexibility index (Phi) is 6.49. The van der Waals surface area contributed by atoms with Crippen LogP contribution in [0.4, 0.5) is 0 Å². The first kappa shape index (κ1) is 20.1. The van der Waals surface area contributed by atoms with Crippen molar-refractivity contribution in [1.82, 2.24) is 20.1 Å². The minimum absolute atomic E-state index is 0.225. The number of halogens is 2. The fourth-order valence-electron chi connectivity index (χ4n) is 2.65. The van der Waals surface area contributed by atoms with E-state index in [1.54, 1.807) is 23.0 Å². The van der Waals surface area contributed by atoms with Gasteiger partial charge in [0.25, 0.3) is 0 Å². The Balaban J connectivity index is 1.64. The van der Waals surface area contributed by atoms with E-state index in [-0.39, 0.29) is 5.91 Å². The highest BCUT2D eigenvalue weighted by atomic mass is 35.5. The minimum Gasteiger partial charge on any atom is -0.348 e. The number of carbonyl (C=O) groups excluding carboxylic acids is 1. The predicted octanol–water partition coefficient (Wildman–Crippen LogP) is 4.58. The van der Waals surface area contributed by atoms with Crippen LogP contribution in [0.1, 0.15) is 27.9 Å².